The summed E-state index contributed by atoms with van der Waals surface area (Å²) in [6.07, 6.45) is -4.10. The zero-order valence-electron chi connectivity index (χ0n) is 10.3. The maximum Gasteiger partial charge on any atom is 0.416 e. The zero-order chi connectivity index (χ0) is 14.9. The standard InChI is InChI=1S/C11H13ClF3N3O2/c12-7-3-17-18(5-6-1-2-6)10(20)9(7)16-4-8(19)11(13,14)15/h3,6,8,16,19H,1-2,4-5H2. The van der Waals surface area contributed by atoms with Crippen LogP contribution in [0.25, 0.3) is 0 Å². The van der Waals surface area contributed by atoms with Gasteiger partial charge in [0.2, 0.25) is 0 Å². The molecule has 9 heteroatoms. The van der Waals surface area contributed by atoms with Crippen molar-refractivity contribution in [2.45, 2.75) is 31.7 Å². The number of nitrogens with zero attached hydrogens (tertiary/aromatic N) is 2. The number of nitrogens with one attached hydrogen (secondary N) is 1. The van der Waals surface area contributed by atoms with Crippen LogP contribution in [0.5, 0.6) is 0 Å². The van der Waals surface area contributed by atoms with Crippen molar-refractivity contribution in [3.63, 3.8) is 0 Å². The first kappa shape index (κ1) is 15.1. The second-order valence-electron chi connectivity index (χ2n) is 4.74. The van der Waals surface area contributed by atoms with Crippen molar-refractivity contribution in [1.82, 2.24) is 9.78 Å². The highest BCUT2D eigenvalue weighted by atomic mass is 35.5. The number of aliphatic hydroxyl groups is 1. The fourth-order valence-electron chi connectivity index (χ4n) is 1.62. The Balaban J connectivity index is 2.12. The molecule has 1 atom stereocenters. The molecule has 20 heavy (non-hydrogen) atoms. The first-order valence-corrected chi connectivity index (χ1v) is 6.41. The molecule has 0 saturated heterocycles. The average Bonchev–Trinajstić information content (AvgIpc) is 3.15. The summed E-state index contributed by atoms with van der Waals surface area (Å²) in [6, 6.07) is 0. The number of hydrogen-bond acceptors (Lipinski definition) is 4. The molecule has 5 nitrogen and oxygen atoms in total. The smallest absolute Gasteiger partial charge is 0.382 e. The second kappa shape index (κ2) is 5.61. The summed E-state index contributed by atoms with van der Waals surface area (Å²) in [5, 5.41) is 14.9. The van der Waals surface area contributed by atoms with Crippen molar-refractivity contribution in [3.05, 3.63) is 21.6 Å². The number of hydrogen-bond donors (Lipinski definition) is 2. The Hall–Kier alpha value is -1.28. The molecule has 1 heterocycles. The molecule has 112 valence electrons. The third-order valence-electron chi connectivity index (χ3n) is 2.98. The van der Waals surface area contributed by atoms with Crippen LogP contribution in [0.4, 0.5) is 18.9 Å². The fourth-order valence-corrected chi connectivity index (χ4v) is 1.81. The van der Waals surface area contributed by atoms with Crippen molar-refractivity contribution < 1.29 is 18.3 Å². The van der Waals surface area contributed by atoms with Crippen LogP contribution in [0.2, 0.25) is 5.02 Å². The van der Waals surface area contributed by atoms with Gasteiger partial charge in [0, 0.05) is 13.1 Å². The Kier molecular flexibility index (Phi) is 4.24. The molecule has 1 aliphatic carbocycles. The second-order valence-corrected chi connectivity index (χ2v) is 5.14. The van der Waals surface area contributed by atoms with Crippen LogP contribution < -0.4 is 10.9 Å². The van der Waals surface area contributed by atoms with Crippen molar-refractivity contribution in [1.29, 1.82) is 0 Å². The predicted octanol–water partition coefficient (Wildman–Crippen LogP) is 1.64. The van der Waals surface area contributed by atoms with E-state index in [0.29, 0.717) is 12.5 Å². The minimum absolute atomic E-state index is 0.0728. The van der Waals surface area contributed by atoms with Crippen molar-refractivity contribution in [3.8, 4) is 0 Å². The topological polar surface area (TPSA) is 67.2 Å². The first-order valence-electron chi connectivity index (χ1n) is 6.03. The average molecular weight is 312 g/mol. The van der Waals surface area contributed by atoms with Crippen LogP contribution >= 0.6 is 11.6 Å². The van der Waals surface area contributed by atoms with Gasteiger partial charge in [-0.15, -0.1) is 0 Å². The van der Waals surface area contributed by atoms with Crippen LogP contribution in [0.15, 0.2) is 11.0 Å². The molecule has 0 bridgehead atoms. The Morgan fingerprint density at radius 3 is 2.75 bits per heavy atom. The van der Waals surface area contributed by atoms with Crippen molar-refractivity contribution in [2.24, 2.45) is 5.92 Å². The molecular formula is C11H13ClF3N3O2. The number of halogens is 4. The monoisotopic (exact) mass is 311 g/mol. The molecule has 0 aromatic carbocycles. The van der Waals surface area contributed by atoms with Gasteiger partial charge in [-0.1, -0.05) is 11.6 Å². The van der Waals surface area contributed by atoms with Crippen LogP contribution in [-0.2, 0) is 6.54 Å². The molecule has 0 amide bonds. The molecule has 0 radical (unpaired) electrons. The lowest BCUT2D eigenvalue weighted by Gasteiger charge is -2.16. The summed E-state index contributed by atoms with van der Waals surface area (Å²) in [5.41, 5.74) is -0.760. The zero-order valence-corrected chi connectivity index (χ0v) is 11.1. The number of rotatable bonds is 5. The maximum absolute atomic E-state index is 12.2. The van der Waals surface area contributed by atoms with Gasteiger partial charge in [-0.2, -0.15) is 18.3 Å². The van der Waals surface area contributed by atoms with Gasteiger partial charge in [0.15, 0.2) is 6.10 Å². The predicted molar refractivity (Wildman–Crippen MR) is 66.8 cm³/mol. The van der Waals surface area contributed by atoms with E-state index in [4.69, 9.17) is 16.7 Å². The fraction of sp³-hybridized carbons (Fsp3) is 0.636. The summed E-state index contributed by atoms with van der Waals surface area (Å²) in [7, 11) is 0. The molecule has 1 fully saturated rings. The molecule has 0 spiro atoms. The van der Waals surface area contributed by atoms with E-state index >= 15 is 0 Å². The summed E-state index contributed by atoms with van der Waals surface area (Å²) < 4.78 is 37.8. The van der Waals surface area contributed by atoms with E-state index < -0.39 is 24.4 Å². The highest BCUT2D eigenvalue weighted by Gasteiger charge is 2.38. The van der Waals surface area contributed by atoms with E-state index in [-0.39, 0.29) is 10.7 Å². The van der Waals surface area contributed by atoms with Gasteiger partial charge in [0.25, 0.3) is 5.56 Å². The maximum atomic E-state index is 12.2. The van der Waals surface area contributed by atoms with Gasteiger partial charge in [-0.3, -0.25) is 4.79 Å². The third kappa shape index (κ3) is 3.63. The summed E-state index contributed by atoms with van der Waals surface area (Å²) in [5.74, 6) is 0.384. The Morgan fingerprint density at radius 2 is 2.20 bits per heavy atom. The summed E-state index contributed by atoms with van der Waals surface area (Å²) in [6.45, 7) is -0.418. The highest BCUT2D eigenvalue weighted by Crippen LogP contribution is 2.30. The number of anilines is 1. The quantitative estimate of drug-likeness (QED) is 0.867. The van der Waals surface area contributed by atoms with E-state index in [1.807, 2.05) is 0 Å². The van der Waals surface area contributed by atoms with Crippen LogP contribution in [0.1, 0.15) is 12.8 Å². The SMILES string of the molecule is O=c1c(NCC(O)C(F)(F)F)c(Cl)cnn1CC1CC1. The van der Waals surface area contributed by atoms with Crippen LogP contribution in [-0.4, -0.2) is 33.7 Å². The molecule has 1 saturated carbocycles. The van der Waals surface area contributed by atoms with E-state index in [0.717, 1.165) is 12.8 Å². The van der Waals surface area contributed by atoms with Gasteiger partial charge in [0.05, 0.1) is 11.2 Å². The number of alkyl halides is 3. The van der Waals surface area contributed by atoms with Gasteiger partial charge >= 0.3 is 6.18 Å². The van der Waals surface area contributed by atoms with Crippen LogP contribution in [0, 0.1) is 5.92 Å². The Morgan fingerprint density at radius 1 is 1.55 bits per heavy atom. The first-order chi connectivity index (χ1) is 9.29. The number of aliphatic hydroxyl groups excluding tert-OH is 1. The lowest BCUT2D eigenvalue weighted by atomic mass is 10.3. The highest BCUT2D eigenvalue weighted by molar-refractivity contribution is 6.32. The minimum Gasteiger partial charge on any atom is -0.382 e. The lowest BCUT2D eigenvalue weighted by Crippen LogP contribution is -2.37. The van der Waals surface area contributed by atoms with Gasteiger partial charge in [-0.05, 0) is 18.8 Å². The molecule has 0 aliphatic heterocycles. The van der Waals surface area contributed by atoms with Gasteiger partial charge in [-0.25, -0.2) is 4.68 Å². The normalized spacial score (nSPS) is 17.1. The summed E-state index contributed by atoms with van der Waals surface area (Å²) >= 11 is 5.75. The van der Waals surface area contributed by atoms with Crippen molar-refractivity contribution in [2.75, 3.05) is 11.9 Å². The van der Waals surface area contributed by atoms with Gasteiger partial charge < -0.3 is 10.4 Å². The molecule has 1 aliphatic rings. The van der Waals surface area contributed by atoms with Crippen LogP contribution in [0.3, 0.4) is 0 Å². The molecular weight excluding hydrogens is 299 g/mol. The third-order valence-corrected chi connectivity index (χ3v) is 3.26. The Bertz CT molecular complexity index is 543. The Labute approximate surface area is 117 Å². The number of aromatic nitrogens is 2. The van der Waals surface area contributed by atoms with E-state index in [9.17, 15) is 18.0 Å². The molecule has 2 rings (SSSR count). The van der Waals surface area contributed by atoms with E-state index in [2.05, 4.69) is 10.4 Å². The largest absolute Gasteiger partial charge is 0.416 e. The molecule has 1 aromatic rings. The van der Waals surface area contributed by atoms with E-state index in [1.165, 1.54) is 10.9 Å². The minimum atomic E-state index is -4.75. The molecule has 2 N–H and O–H groups in total. The van der Waals surface area contributed by atoms with Crippen molar-refractivity contribution >= 4 is 17.3 Å². The molecule has 1 unspecified atom stereocenters. The van der Waals surface area contributed by atoms with Gasteiger partial charge in [0.1, 0.15) is 5.69 Å². The lowest BCUT2D eigenvalue weighted by molar-refractivity contribution is -0.198. The molecule has 1 aromatic heterocycles. The van der Waals surface area contributed by atoms with E-state index in [1.54, 1.807) is 0 Å². The summed E-state index contributed by atoms with van der Waals surface area (Å²) in [4.78, 5) is 12.0.